The van der Waals surface area contributed by atoms with Crippen LogP contribution in [-0.4, -0.2) is 58.7 Å². The Hall–Kier alpha value is -3.99. The Labute approximate surface area is 193 Å². The van der Waals surface area contributed by atoms with Gasteiger partial charge < -0.3 is 15.4 Å². The maximum Gasteiger partial charge on any atom is 0.326 e. The van der Waals surface area contributed by atoms with Gasteiger partial charge in [0.25, 0.3) is 5.62 Å². The fourth-order valence-corrected chi connectivity index (χ4v) is 4.21. The van der Waals surface area contributed by atoms with Gasteiger partial charge in [0.05, 0.1) is 12.2 Å². The Balaban J connectivity index is 1.39. The highest BCUT2D eigenvalue weighted by atomic mass is 16.3. The molecule has 4 N–H and O–H groups in total. The Morgan fingerprint density at radius 3 is 2.82 bits per heavy atom. The molecule has 0 bridgehead atoms. The van der Waals surface area contributed by atoms with Gasteiger partial charge in [-0.1, -0.05) is 12.1 Å². The highest BCUT2D eigenvalue weighted by Gasteiger charge is 2.21. The molecule has 34 heavy (non-hydrogen) atoms. The minimum Gasteiger partial charge on any atom is -0.493 e. The molecule has 11 nitrogen and oxygen atoms in total. The molecule has 1 aromatic carbocycles. The lowest BCUT2D eigenvalue weighted by molar-refractivity contribution is 0.331. The molecule has 1 saturated carbocycles. The average molecular weight is 460 g/mol. The second-order valence-electron chi connectivity index (χ2n) is 8.84. The zero-order valence-corrected chi connectivity index (χ0v) is 18.5. The van der Waals surface area contributed by atoms with Gasteiger partial charge in [-0.2, -0.15) is 19.6 Å². The summed E-state index contributed by atoms with van der Waals surface area (Å²) in [5.74, 6) is 0.168. The molecule has 1 aliphatic carbocycles. The summed E-state index contributed by atoms with van der Waals surface area (Å²) in [6.07, 6.45) is 7.82. The van der Waals surface area contributed by atoms with Crippen molar-refractivity contribution < 1.29 is 5.11 Å². The third-order valence-electron chi connectivity index (χ3n) is 6.05. The molecule has 0 spiro atoms. The normalized spacial score (nSPS) is 17.8. The van der Waals surface area contributed by atoms with Crippen molar-refractivity contribution in [1.29, 1.82) is 0 Å². The minimum absolute atomic E-state index is 0.241. The van der Waals surface area contributed by atoms with E-state index in [-0.39, 0.29) is 17.6 Å². The van der Waals surface area contributed by atoms with Crippen molar-refractivity contribution in [2.75, 3.05) is 18.4 Å². The van der Waals surface area contributed by atoms with Gasteiger partial charge in [-0.05, 0) is 62.5 Å². The number of nitrogens with one attached hydrogen (secondary N) is 3. The van der Waals surface area contributed by atoms with Crippen LogP contribution in [0.25, 0.3) is 11.7 Å². The molecule has 6 rings (SSSR count). The van der Waals surface area contributed by atoms with Crippen LogP contribution in [-0.2, 0) is 6.54 Å². The molecule has 0 unspecified atom stereocenters. The molecule has 1 aliphatic heterocycles. The Morgan fingerprint density at radius 1 is 1.21 bits per heavy atom. The molecule has 1 saturated heterocycles. The van der Waals surface area contributed by atoms with E-state index in [0.29, 0.717) is 22.4 Å². The largest absolute Gasteiger partial charge is 0.493 e. The van der Waals surface area contributed by atoms with Crippen molar-refractivity contribution in [3.8, 4) is 5.88 Å². The first-order valence-electron chi connectivity index (χ1n) is 11.5. The van der Waals surface area contributed by atoms with E-state index >= 15 is 0 Å². The second kappa shape index (κ2) is 8.41. The van der Waals surface area contributed by atoms with Crippen LogP contribution in [0.3, 0.4) is 0 Å². The zero-order valence-electron chi connectivity index (χ0n) is 18.5. The van der Waals surface area contributed by atoms with Crippen LogP contribution < -0.4 is 21.8 Å². The van der Waals surface area contributed by atoms with Crippen molar-refractivity contribution >= 4 is 23.4 Å². The number of imidazole rings is 1. The lowest BCUT2D eigenvalue weighted by atomic mass is 10.2. The number of anilines is 2. The number of H-pyrrole nitrogens is 2. The third kappa shape index (κ3) is 4.29. The fraction of sp³-hybridized carbons (Fsp3) is 0.348. The van der Waals surface area contributed by atoms with E-state index < -0.39 is 5.69 Å². The molecule has 2 aliphatic rings. The first kappa shape index (κ1) is 20.6. The number of fused-ring (bicyclic) bond motifs is 1. The van der Waals surface area contributed by atoms with Crippen molar-refractivity contribution in [3.05, 3.63) is 63.0 Å². The maximum absolute atomic E-state index is 11.5. The Bertz CT molecular complexity index is 1520. The van der Waals surface area contributed by atoms with E-state index in [0.717, 1.165) is 38.2 Å². The predicted octanol–water partition coefficient (Wildman–Crippen LogP) is 0.796. The molecular formula is C23H25N9O2. The molecule has 174 valence electrons. The first-order chi connectivity index (χ1) is 16.6. The Kier molecular flexibility index (Phi) is 5.10. The van der Waals surface area contributed by atoms with Gasteiger partial charge in [0.15, 0.2) is 5.65 Å². The quantitative estimate of drug-likeness (QED) is 0.334. The smallest absolute Gasteiger partial charge is 0.326 e. The minimum atomic E-state index is -0.490. The predicted molar refractivity (Wildman–Crippen MR) is 125 cm³/mol. The molecule has 0 radical (unpaired) electrons. The van der Waals surface area contributed by atoms with Gasteiger partial charge in [0.2, 0.25) is 11.8 Å². The van der Waals surface area contributed by atoms with E-state index in [1.165, 1.54) is 18.4 Å². The molecule has 4 heterocycles. The molecule has 4 aromatic rings. The second-order valence-corrected chi connectivity index (χ2v) is 8.84. The van der Waals surface area contributed by atoms with Crippen LogP contribution in [0.5, 0.6) is 5.88 Å². The van der Waals surface area contributed by atoms with Crippen molar-refractivity contribution in [1.82, 2.24) is 34.4 Å². The van der Waals surface area contributed by atoms with E-state index in [1.807, 2.05) is 12.1 Å². The SMILES string of the molecule is O=c1[nH]c(O)c(/C=c2\cnn3c(=NC4CC4)nc(Nc4cccc(CN5CCCC5)c4)nc23)[nH]1. The molecular weight excluding hydrogens is 434 g/mol. The van der Waals surface area contributed by atoms with Gasteiger partial charge in [0.1, 0.15) is 5.69 Å². The van der Waals surface area contributed by atoms with Crippen LogP contribution >= 0.6 is 0 Å². The topological polar surface area (TPSA) is 140 Å². The lowest BCUT2D eigenvalue weighted by Crippen LogP contribution is -2.24. The summed E-state index contributed by atoms with van der Waals surface area (Å²) < 4.78 is 1.58. The number of aromatic nitrogens is 6. The van der Waals surface area contributed by atoms with Gasteiger partial charge >= 0.3 is 5.69 Å². The summed E-state index contributed by atoms with van der Waals surface area (Å²) in [5, 5.41) is 18.3. The van der Waals surface area contributed by atoms with E-state index in [4.69, 9.17) is 4.99 Å². The van der Waals surface area contributed by atoms with Gasteiger partial charge in [-0.15, -0.1) is 0 Å². The summed E-state index contributed by atoms with van der Waals surface area (Å²) in [7, 11) is 0. The summed E-state index contributed by atoms with van der Waals surface area (Å²) in [6, 6.07) is 8.53. The number of likely N-dealkylation sites (tertiary alicyclic amines) is 1. The fourth-order valence-electron chi connectivity index (χ4n) is 4.21. The zero-order chi connectivity index (χ0) is 23.1. The number of benzene rings is 1. The van der Waals surface area contributed by atoms with Crippen molar-refractivity contribution in [3.63, 3.8) is 0 Å². The number of hydrogen-bond acceptors (Lipinski definition) is 8. The van der Waals surface area contributed by atoms with Gasteiger partial charge in [0, 0.05) is 17.5 Å². The van der Waals surface area contributed by atoms with Crippen molar-refractivity contribution in [2.45, 2.75) is 38.3 Å². The van der Waals surface area contributed by atoms with Crippen LogP contribution in [0.2, 0.25) is 0 Å². The Morgan fingerprint density at radius 2 is 2.06 bits per heavy atom. The van der Waals surface area contributed by atoms with Gasteiger partial charge in [-0.3, -0.25) is 9.88 Å². The van der Waals surface area contributed by atoms with E-state index in [2.05, 4.69) is 47.4 Å². The monoisotopic (exact) mass is 459 g/mol. The summed E-state index contributed by atoms with van der Waals surface area (Å²) >= 11 is 0. The van der Waals surface area contributed by atoms with E-state index in [9.17, 15) is 9.90 Å². The molecule has 3 aromatic heterocycles. The van der Waals surface area contributed by atoms with Gasteiger partial charge in [-0.25, -0.2) is 9.79 Å². The number of aromatic amines is 2. The standard InChI is InChI=1S/C23H25N9O2/c33-20-18(27-23(34)29-20)11-15-12-24-32-19(15)28-21(30-22(32)26-16-6-7-16)25-17-5-3-4-14(10-17)13-31-8-1-2-9-31/h3-5,10-12,16,33H,1-2,6-9,13H2,(H,25,26,30)(H2,27,29,34)/b15-11+. The first-order valence-corrected chi connectivity index (χ1v) is 11.5. The number of hydrogen-bond donors (Lipinski definition) is 4. The molecule has 2 fully saturated rings. The van der Waals surface area contributed by atoms with Crippen LogP contribution in [0.15, 0.2) is 40.2 Å². The summed E-state index contributed by atoms with van der Waals surface area (Å²) in [6.45, 7) is 3.22. The number of rotatable bonds is 6. The molecule has 0 amide bonds. The molecule has 0 atom stereocenters. The summed E-state index contributed by atoms with van der Waals surface area (Å²) in [5.41, 5.74) is 2.89. The van der Waals surface area contributed by atoms with E-state index in [1.54, 1.807) is 16.8 Å². The highest BCUT2D eigenvalue weighted by molar-refractivity contribution is 5.59. The van der Waals surface area contributed by atoms with Crippen LogP contribution in [0.1, 0.15) is 36.9 Å². The maximum atomic E-state index is 11.5. The van der Waals surface area contributed by atoms with Crippen molar-refractivity contribution in [2.24, 2.45) is 4.99 Å². The van der Waals surface area contributed by atoms with Crippen LogP contribution in [0.4, 0.5) is 11.6 Å². The number of aromatic hydroxyl groups is 1. The lowest BCUT2D eigenvalue weighted by Gasteiger charge is -2.15. The molecule has 11 heteroatoms. The number of nitrogens with zero attached hydrogens (tertiary/aromatic N) is 6. The van der Waals surface area contributed by atoms with Crippen LogP contribution in [0, 0.1) is 0 Å². The third-order valence-corrected chi connectivity index (χ3v) is 6.05. The average Bonchev–Trinajstić information content (AvgIpc) is 3.15. The summed E-state index contributed by atoms with van der Waals surface area (Å²) in [4.78, 5) is 32.8. The highest BCUT2D eigenvalue weighted by Crippen LogP contribution is 2.22.